The van der Waals surface area contributed by atoms with Gasteiger partial charge in [-0.15, -0.1) is 12.4 Å². The van der Waals surface area contributed by atoms with E-state index in [0.29, 0.717) is 17.9 Å². The van der Waals surface area contributed by atoms with Crippen molar-refractivity contribution in [3.8, 4) is 0 Å². The zero-order valence-corrected chi connectivity index (χ0v) is 13.0. The Labute approximate surface area is 129 Å². The third kappa shape index (κ3) is 4.84. The molecule has 2 aromatic rings. The standard InChI is InChI=1S/C14H18N4O2.ClH/c1-9-4-6-11(7-5-9)16-13(19)14-17-12(18-20-14)8-10(2)15-3;/h4-7,10,15H,8H2,1-3H3,(H,16,19);1H. The highest BCUT2D eigenvalue weighted by atomic mass is 35.5. The van der Waals surface area contributed by atoms with Crippen LogP contribution in [0.4, 0.5) is 5.69 Å². The maximum Gasteiger partial charge on any atom is 0.316 e. The normalized spacial score (nSPS) is 11.6. The molecular formula is C14H19ClN4O2. The van der Waals surface area contributed by atoms with Crippen molar-refractivity contribution in [2.75, 3.05) is 12.4 Å². The van der Waals surface area contributed by atoms with Gasteiger partial charge in [-0.1, -0.05) is 22.9 Å². The number of likely N-dealkylation sites (N-methyl/N-ethyl adjacent to an activating group) is 1. The van der Waals surface area contributed by atoms with E-state index in [1.54, 1.807) is 0 Å². The fraction of sp³-hybridized carbons (Fsp3) is 0.357. The smallest absolute Gasteiger partial charge is 0.316 e. The van der Waals surface area contributed by atoms with Crippen LogP contribution in [0.25, 0.3) is 0 Å². The largest absolute Gasteiger partial charge is 0.329 e. The lowest BCUT2D eigenvalue weighted by Gasteiger charge is -2.04. The predicted molar refractivity (Wildman–Crippen MR) is 82.9 cm³/mol. The first-order valence-electron chi connectivity index (χ1n) is 6.46. The number of aromatic nitrogens is 2. The molecule has 1 atom stereocenters. The molecule has 1 unspecified atom stereocenters. The van der Waals surface area contributed by atoms with Crippen molar-refractivity contribution in [3.05, 3.63) is 41.5 Å². The van der Waals surface area contributed by atoms with Crippen molar-refractivity contribution in [2.24, 2.45) is 0 Å². The quantitative estimate of drug-likeness (QED) is 0.885. The number of nitrogens with zero attached hydrogens (tertiary/aromatic N) is 2. The number of benzene rings is 1. The first-order chi connectivity index (χ1) is 9.58. The molecule has 114 valence electrons. The summed E-state index contributed by atoms with van der Waals surface area (Å²) in [6.45, 7) is 3.99. The van der Waals surface area contributed by atoms with Gasteiger partial charge in [0.15, 0.2) is 5.82 Å². The van der Waals surface area contributed by atoms with E-state index in [4.69, 9.17) is 4.52 Å². The molecular weight excluding hydrogens is 292 g/mol. The molecule has 0 spiro atoms. The fourth-order valence-electron chi connectivity index (χ4n) is 1.63. The monoisotopic (exact) mass is 310 g/mol. The molecule has 6 nitrogen and oxygen atoms in total. The number of hydrogen-bond donors (Lipinski definition) is 2. The van der Waals surface area contributed by atoms with Crippen molar-refractivity contribution in [1.82, 2.24) is 15.5 Å². The SMILES string of the molecule is CNC(C)Cc1noc(C(=O)Nc2ccc(C)cc2)n1.Cl. The van der Waals surface area contributed by atoms with E-state index in [9.17, 15) is 4.79 Å². The fourth-order valence-corrected chi connectivity index (χ4v) is 1.63. The second-order valence-corrected chi connectivity index (χ2v) is 4.73. The molecule has 0 saturated heterocycles. The summed E-state index contributed by atoms with van der Waals surface area (Å²) in [6, 6.07) is 7.72. The molecule has 1 aromatic carbocycles. The van der Waals surface area contributed by atoms with E-state index < -0.39 is 5.91 Å². The minimum absolute atomic E-state index is 0. The molecule has 0 aliphatic rings. The summed E-state index contributed by atoms with van der Waals surface area (Å²) in [5, 5.41) is 9.58. The second kappa shape index (κ2) is 7.75. The van der Waals surface area contributed by atoms with Gasteiger partial charge in [-0.25, -0.2) is 0 Å². The van der Waals surface area contributed by atoms with E-state index >= 15 is 0 Å². The molecule has 0 saturated carbocycles. The summed E-state index contributed by atoms with van der Waals surface area (Å²) >= 11 is 0. The average Bonchev–Trinajstić information content (AvgIpc) is 2.89. The number of halogens is 1. The highest BCUT2D eigenvalue weighted by Crippen LogP contribution is 2.10. The first kappa shape index (κ1) is 17.1. The lowest BCUT2D eigenvalue weighted by molar-refractivity contribution is 0.0981. The summed E-state index contributed by atoms with van der Waals surface area (Å²) in [4.78, 5) is 16.0. The highest BCUT2D eigenvalue weighted by Gasteiger charge is 2.16. The van der Waals surface area contributed by atoms with Gasteiger partial charge in [-0.2, -0.15) is 4.98 Å². The maximum atomic E-state index is 11.9. The van der Waals surface area contributed by atoms with Gasteiger partial charge in [0.2, 0.25) is 0 Å². The van der Waals surface area contributed by atoms with Crippen molar-refractivity contribution in [2.45, 2.75) is 26.3 Å². The number of rotatable bonds is 5. The number of nitrogens with one attached hydrogen (secondary N) is 2. The van der Waals surface area contributed by atoms with Crippen LogP contribution < -0.4 is 10.6 Å². The predicted octanol–water partition coefficient (Wildman–Crippen LogP) is 2.20. The van der Waals surface area contributed by atoms with Crippen LogP contribution in [0, 0.1) is 6.92 Å². The molecule has 0 bridgehead atoms. The lowest BCUT2D eigenvalue weighted by atomic mass is 10.2. The number of hydrogen-bond acceptors (Lipinski definition) is 5. The van der Waals surface area contributed by atoms with E-state index in [1.807, 2.05) is 45.2 Å². The number of anilines is 1. The van der Waals surface area contributed by atoms with Crippen molar-refractivity contribution < 1.29 is 9.32 Å². The molecule has 1 aromatic heterocycles. The first-order valence-corrected chi connectivity index (χ1v) is 6.46. The van der Waals surface area contributed by atoms with Crippen LogP contribution in [-0.2, 0) is 6.42 Å². The summed E-state index contributed by atoms with van der Waals surface area (Å²) in [6.07, 6.45) is 0.609. The topological polar surface area (TPSA) is 80.0 Å². The number of amides is 1. The third-order valence-corrected chi connectivity index (χ3v) is 2.95. The minimum atomic E-state index is -0.398. The summed E-state index contributed by atoms with van der Waals surface area (Å²) < 4.78 is 4.97. The Morgan fingerprint density at radius 1 is 1.33 bits per heavy atom. The Bertz CT molecular complexity index is 583. The van der Waals surface area contributed by atoms with Crippen LogP contribution in [0.5, 0.6) is 0 Å². The Morgan fingerprint density at radius 2 is 2.00 bits per heavy atom. The zero-order valence-electron chi connectivity index (χ0n) is 12.2. The molecule has 7 heteroatoms. The van der Waals surface area contributed by atoms with E-state index in [-0.39, 0.29) is 24.3 Å². The van der Waals surface area contributed by atoms with Gasteiger partial charge in [0.1, 0.15) is 0 Å². The molecule has 1 amide bonds. The Kier molecular flexibility index (Phi) is 6.33. The molecule has 0 aliphatic carbocycles. The summed E-state index contributed by atoms with van der Waals surface area (Å²) in [5.41, 5.74) is 1.83. The number of carbonyl (C=O) groups excluding carboxylic acids is 1. The minimum Gasteiger partial charge on any atom is -0.329 e. The molecule has 0 fully saturated rings. The third-order valence-electron chi connectivity index (χ3n) is 2.95. The van der Waals surface area contributed by atoms with Crippen LogP contribution in [0.3, 0.4) is 0 Å². The zero-order chi connectivity index (χ0) is 14.5. The Morgan fingerprint density at radius 3 is 2.62 bits per heavy atom. The molecule has 0 radical (unpaired) electrons. The molecule has 0 aliphatic heterocycles. The molecule has 1 heterocycles. The second-order valence-electron chi connectivity index (χ2n) is 4.73. The number of aryl methyl sites for hydroxylation is 1. The number of carbonyl (C=O) groups is 1. The van der Waals surface area contributed by atoms with Gasteiger partial charge in [-0.3, -0.25) is 4.79 Å². The molecule has 21 heavy (non-hydrogen) atoms. The van der Waals surface area contributed by atoms with Crippen molar-refractivity contribution in [3.63, 3.8) is 0 Å². The van der Waals surface area contributed by atoms with E-state index in [2.05, 4.69) is 20.8 Å². The van der Waals surface area contributed by atoms with Crippen molar-refractivity contribution >= 4 is 24.0 Å². The van der Waals surface area contributed by atoms with Crippen LogP contribution in [0.1, 0.15) is 29.0 Å². The van der Waals surface area contributed by atoms with Gasteiger partial charge >= 0.3 is 11.8 Å². The Balaban J connectivity index is 0.00000220. The van der Waals surface area contributed by atoms with Crippen molar-refractivity contribution in [1.29, 1.82) is 0 Å². The summed E-state index contributed by atoms with van der Waals surface area (Å²) in [5.74, 6) is 0.0921. The maximum absolute atomic E-state index is 11.9. The Hall–Kier alpha value is -1.92. The average molecular weight is 311 g/mol. The van der Waals surface area contributed by atoms with Gasteiger partial charge in [0.05, 0.1) is 0 Å². The van der Waals surface area contributed by atoms with E-state index in [0.717, 1.165) is 5.56 Å². The van der Waals surface area contributed by atoms with Gasteiger partial charge in [0, 0.05) is 18.2 Å². The van der Waals surface area contributed by atoms with Crippen LogP contribution >= 0.6 is 12.4 Å². The van der Waals surface area contributed by atoms with E-state index in [1.165, 1.54) is 0 Å². The molecule has 2 N–H and O–H groups in total. The summed E-state index contributed by atoms with van der Waals surface area (Å²) in [7, 11) is 1.86. The lowest BCUT2D eigenvalue weighted by Crippen LogP contribution is -2.24. The van der Waals surface area contributed by atoms with Gasteiger partial charge < -0.3 is 15.2 Å². The molecule has 2 rings (SSSR count). The van der Waals surface area contributed by atoms with Crippen LogP contribution in [0.2, 0.25) is 0 Å². The van der Waals surface area contributed by atoms with Gasteiger partial charge in [-0.05, 0) is 33.0 Å². The van der Waals surface area contributed by atoms with Crippen LogP contribution in [-0.4, -0.2) is 29.1 Å². The van der Waals surface area contributed by atoms with Crippen LogP contribution in [0.15, 0.2) is 28.8 Å². The van der Waals surface area contributed by atoms with Gasteiger partial charge in [0.25, 0.3) is 0 Å². The highest BCUT2D eigenvalue weighted by molar-refractivity contribution is 6.00.